The van der Waals surface area contributed by atoms with Crippen molar-refractivity contribution < 1.29 is 41.4 Å². The third-order valence-electron chi connectivity index (χ3n) is 7.84. The van der Waals surface area contributed by atoms with E-state index >= 15 is 0 Å². The molecule has 10 nitrogen and oxygen atoms in total. The zero-order valence-corrected chi connectivity index (χ0v) is 33.4. The van der Waals surface area contributed by atoms with E-state index in [1.165, 1.54) is 20.3 Å². The van der Waals surface area contributed by atoms with Gasteiger partial charge in [-0.3, -0.25) is 14.0 Å². The average Bonchev–Trinajstić information content (AvgIpc) is 3.39. The summed E-state index contributed by atoms with van der Waals surface area (Å²) in [5.41, 5.74) is 1.79. The first-order valence-corrected chi connectivity index (χ1v) is 15.8. The van der Waals surface area contributed by atoms with Gasteiger partial charge < -0.3 is 47.1 Å². The Balaban J connectivity index is 0.00000451. The van der Waals surface area contributed by atoms with Crippen molar-refractivity contribution in [3.05, 3.63) is 67.2 Å². The number of rotatable bonds is 13. The van der Waals surface area contributed by atoms with Gasteiger partial charge in [0.05, 0.1) is 49.6 Å². The number of esters is 1. The molecule has 0 saturated carbocycles. The SMILES string of the molecule is COCC(CNC(=O)c1ccc(NCC#Cc2cc3c(N[C-]4CCN(C)C[C@@H]4F)cccc3n2CC(F)(F)F)c(OC)c1)OC(=O)C(C)C.[CH3-].[Sr+2]. The number of carbonyl (C=O) groups is 2. The van der Waals surface area contributed by atoms with Crippen LogP contribution in [-0.2, 0) is 20.8 Å². The maximum absolute atomic E-state index is 14.7. The summed E-state index contributed by atoms with van der Waals surface area (Å²) in [5, 5.41) is 9.45. The Kier molecular flexibility index (Phi) is 17.6. The van der Waals surface area contributed by atoms with Gasteiger partial charge in [-0.1, -0.05) is 25.8 Å². The molecule has 0 radical (unpaired) electrons. The van der Waals surface area contributed by atoms with Gasteiger partial charge in [0.2, 0.25) is 0 Å². The number of likely N-dealkylation sites (tertiary alicyclic amines) is 1. The normalized spacial score (nSPS) is 15.5. The van der Waals surface area contributed by atoms with Crippen LogP contribution < -0.4 is 20.7 Å². The summed E-state index contributed by atoms with van der Waals surface area (Å²) in [6.07, 6.45) is -5.88. The first-order chi connectivity index (χ1) is 23.3. The maximum atomic E-state index is 14.7. The van der Waals surface area contributed by atoms with E-state index in [1.807, 2.05) is 11.9 Å². The maximum Gasteiger partial charge on any atom is 2.00 e. The molecule has 4 rings (SSSR count). The van der Waals surface area contributed by atoms with Gasteiger partial charge in [-0.05, 0) is 55.9 Å². The average molecular weight is 791 g/mol. The summed E-state index contributed by atoms with van der Waals surface area (Å²) >= 11 is 0. The van der Waals surface area contributed by atoms with E-state index in [0.29, 0.717) is 52.6 Å². The number of fused-ring (bicyclic) bond motifs is 1. The fourth-order valence-electron chi connectivity index (χ4n) is 5.29. The molecule has 1 unspecified atom stereocenters. The molecule has 1 amide bonds. The van der Waals surface area contributed by atoms with Gasteiger partial charge >= 0.3 is 57.6 Å². The van der Waals surface area contributed by atoms with E-state index in [1.54, 1.807) is 50.2 Å². The van der Waals surface area contributed by atoms with Crippen LogP contribution in [0, 0.1) is 31.2 Å². The third-order valence-corrected chi connectivity index (χ3v) is 7.84. The van der Waals surface area contributed by atoms with E-state index in [0.717, 1.165) is 4.57 Å². The van der Waals surface area contributed by atoms with Crippen LogP contribution in [0.3, 0.4) is 0 Å². The van der Waals surface area contributed by atoms with Crippen molar-refractivity contribution in [1.29, 1.82) is 0 Å². The van der Waals surface area contributed by atoms with Crippen molar-refractivity contribution in [2.45, 2.75) is 45.3 Å². The second-order valence-electron chi connectivity index (χ2n) is 12.0. The summed E-state index contributed by atoms with van der Waals surface area (Å²) in [5.74, 6) is 4.91. The largest absolute Gasteiger partial charge is 2.00 e. The Morgan fingerprint density at radius 3 is 2.51 bits per heavy atom. The summed E-state index contributed by atoms with van der Waals surface area (Å²) in [6.45, 7) is 3.29. The molecule has 3 aromatic rings. The van der Waals surface area contributed by atoms with Crippen molar-refractivity contribution in [2.24, 2.45) is 5.92 Å². The molecule has 274 valence electrons. The van der Waals surface area contributed by atoms with Crippen molar-refractivity contribution in [3.63, 3.8) is 0 Å². The minimum atomic E-state index is -4.50. The molecule has 1 fully saturated rings. The van der Waals surface area contributed by atoms with Crippen LogP contribution in [0.4, 0.5) is 28.9 Å². The van der Waals surface area contributed by atoms with Crippen molar-refractivity contribution in [2.75, 3.05) is 64.7 Å². The number of aromatic nitrogens is 1. The van der Waals surface area contributed by atoms with Crippen molar-refractivity contribution in [1.82, 2.24) is 14.8 Å². The minimum Gasteiger partial charge on any atom is -0.529 e. The third kappa shape index (κ3) is 12.6. The number of ether oxygens (including phenoxy) is 3. The second kappa shape index (κ2) is 20.3. The van der Waals surface area contributed by atoms with Crippen LogP contribution in [0.2, 0.25) is 0 Å². The van der Waals surface area contributed by atoms with E-state index in [9.17, 15) is 27.2 Å². The van der Waals surface area contributed by atoms with E-state index in [-0.39, 0.29) is 90.8 Å². The van der Waals surface area contributed by atoms with Gasteiger partial charge in [-0.2, -0.15) is 19.2 Å². The van der Waals surface area contributed by atoms with Gasteiger partial charge in [0.15, 0.2) is 0 Å². The summed E-state index contributed by atoms with van der Waals surface area (Å²) in [6, 6.07) is 11.7. The van der Waals surface area contributed by atoms with Crippen LogP contribution in [0.25, 0.3) is 10.9 Å². The molecule has 0 spiro atoms. The zero-order valence-electron chi connectivity index (χ0n) is 29.9. The molecule has 1 aliphatic heterocycles. The molecule has 15 heteroatoms. The molecular formula is C36H45F4N5O5Sr. The standard InChI is InChI=1S/C35H42F4N5O5.CH3.Sr/c1-22(2)34(46)49-25(20-47-4)18-41-33(45)23-11-12-30(32(16-23)48-5)40-14-7-8-24-17-26-28(42-29-13-15-43(3)19-27(29)36)9-6-10-31(26)44(24)21-35(37,38)39;;/h6,9-12,16-17,22,25,27,40,42H,13-15,18-21H2,1-5H3,(H,41,45);1H3;/q2*-1;+2/t25?,27-;;/m0../s1. The topological polar surface area (TPSA) is 106 Å². The van der Waals surface area contributed by atoms with Gasteiger partial charge in [0, 0.05) is 36.5 Å². The van der Waals surface area contributed by atoms with Gasteiger partial charge in [-0.25, -0.2) is 0 Å². The van der Waals surface area contributed by atoms with E-state index < -0.39 is 36.9 Å². The van der Waals surface area contributed by atoms with E-state index in [2.05, 4.69) is 27.8 Å². The van der Waals surface area contributed by atoms with Crippen LogP contribution in [0.1, 0.15) is 36.3 Å². The summed E-state index contributed by atoms with van der Waals surface area (Å²) < 4.78 is 72.7. The second-order valence-corrected chi connectivity index (χ2v) is 12.0. The Labute approximate surface area is 334 Å². The molecule has 0 bridgehead atoms. The minimum absolute atomic E-state index is 0. The quantitative estimate of drug-likeness (QED) is 0.0705. The number of nitrogens with one attached hydrogen (secondary N) is 3. The molecule has 1 aromatic heterocycles. The molecule has 2 atom stereocenters. The molecule has 3 N–H and O–H groups in total. The molecule has 51 heavy (non-hydrogen) atoms. The van der Waals surface area contributed by atoms with Crippen LogP contribution >= 0.6 is 0 Å². The number of methoxy groups -OCH3 is 2. The predicted molar refractivity (Wildman–Crippen MR) is 191 cm³/mol. The number of carbonyl (C=O) groups excluding carboxylic acids is 2. The monoisotopic (exact) mass is 791 g/mol. The molecule has 1 saturated heterocycles. The first-order valence-electron chi connectivity index (χ1n) is 15.8. The number of halogens is 4. The van der Waals surface area contributed by atoms with Gasteiger partial charge in [-0.15, -0.1) is 6.42 Å². The van der Waals surface area contributed by atoms with E-state index in [4.69, 9.17) is 14.2 Å². The fraction of sp³-hybridized carbons (Fsp3) is 0.444. The summed E-state index contributed by atoms with van der Waals surface area (Å²) in [4.78, 5) is 26.7. The molecule has 2 aromatic carbocycles. The number of hydrogen-bond acceptors (Lipinski definition) is 8. The molecular weight excluding hydrogens is 746 g/mol. The van der Waals surface area contributed by atoms with Crippen LogP contribution in [0.5, 0.6) is 5.75 Å². The summed E-state index contributed by atoms with van der Waals surface area (Å²) in [7, 11) is 4.74. The predicted octanol–water partition coefficient (Wildman–Crippen LogP) is 5.31. The number of anilines is 2. The van der Waals surface area contributed by atoms with Gasteiger partial charge in [0.25, 0.3) is 5.91 Å². The Hall–Kier alpha value is -3.00. The smallest absolute Gasteiger partial charge is 0.529 e. The Morgan fingerprint density at radius 2 is 1.86 bits per heavy atom. The Morgan fingerprint density at radius 1 is 1.12 bits per heavy atom. The number of hydrogen-bond donors (Lipinski definition) is 3. The Bertz CT molecular complexity index is 1670. The number of alkyl halides is 4. The van der Waals surface area contributed by atoms with Crippen LogP contribution in [0.15, 0.2) is 42.5 Å². The number of amides is 1. The number of piperidine rings is 1. The number of nitrogens with zero attached hydrogens (tertiary/aromatic N) is 2. The fourth-order valence-corrected chi connectivity index (χ4v) is 5.29. The molecule has 2 heterocycles. The zero-order chi connectivity index (χ0) is 35.7. The van der Waals surface area contributed by atoms with Crippen LogP contribution in [-0.4, -0.2) is 139 Å². The van der Waals surface area contributed by atoms with Gasteiger partial charge in [0.1, 0.15) is 18.4 Å². The molecule has 0 aliphatic carbocycles. The van der Waals surface area contributed by atoms with Crippen molar-refractivity contribution >= 4 is 79.6 Å². The number of benzene rings is 2. The molecule has 1 aliphatic rings. The van der Waals surface area contributed by atoms with Crippen molar-refractivity contribution in [3.8, 4) is 17.6 Å². The first kappa shape index (κ1) is 44.2.